The summed E-state index contributed by atoms with van der Waals surface area (Å²) in [6.07, 6.45) is -2.60. The number of benzene rings is 2. The minimum absolute atomic E-state index is 0.0449. The van der Waals surface area contributed by atoms with E-state index >= 15 is 0 Å². The molecule has 37 heavy (non-hydrogen) atoms. The molecule has 4 rings (SSSR count). The fourth-order valence-electron chi connectivity index (χ4n) is 4.49. The number of rotatable bonds is 10. The topological polar surface area (TPSA) is 81.4 Å². The summed E-state index contributed by atoms with van der Waals surface area (Å²) in [6, 6.07) is 15.1. The summed E-state index contributed by atoms with van der Waals surface area (Å²) < 4.78 is 44.8. The third-order valence-electron chi connectivity index (χ3n) is 6.42. The van der Waals surface area contributed by atoms with Gasteiger partial charge in [-0.1, -0.05) is 75.7 Å². The maximum Gasteiger partial charge on any atom is 0.433 e. The molecule has 4 aromatic rings. The Morgan fingerprint density at radius 3 is 2.30 bits per heavy atom. The highest BCUT2D eigenvalue weighted by Gasteiger charge is 2.40. The number of unbranched alkanes of at least 4 members (excludes halogenated alkanes) is 1. The molecule has 0 aliphatic heterocycles. The second kappa shape index (κ2) is 11.1. The maximum atomic E-state index is 14.2. The Labute approximate surface area is 213 Å². The number of alkyl halides is 3. The molecular formula is C27H31F3N6O. The molecule has 0 aliphatic rings. The van der Waals surface area contributed by atoms with Gasteiger partial charge >= 0.3 is 11.9 Å². The Hall–Kier alpha value is -3.69. The van der Waals surface area contributed by atoms with Crippen LogP contribution in [-0.2, 0) is 25.7 Å². The number of nitrogens with one attached hydrogen (secondary N) is 1. The van der Waals surface area contributed by atoms with Crippen molar-refractivity contribution in [1.29, 1.82) is 0 Å². The number of aromatic nitrogens is 6. The molecule has 0 amide bonds. The van der Waals surface area contributed by atoms with Crippen LogP contribution < -0.4 is 5.69 Å². The van der Waals surface area contributed by atoms with Gasteiger partial charge in [0, 0.05) is 12.1 Å². The highest BCUT2D eigenvalue weighted by molar-refractivity contribution is 5.80. The van der Waals surface area contributed by atoms with Crippen LogP contribution in [0, 0.1) is 5.92 Å². The molecule has 0 aliphatic carbocycles. The SMILES string of the molecule is CCCCc1c(C(F)(F)F)n(CCC(C)C)c(=O)n1Cc1ccc(-c2ccccc2-c2nn[nH]n2)cc1. The Morgan fingerprint density at radius 1 is 1.00 bits per heavy atom. The highest BCUT2D eigenvalue weighted by atomic mass is 19.4. The fourth-order valence-corrected chi connectivity index (χ4v) is 4.49. The lowest BCUT2D eigenvalue weighted by Crippen LogP contribution is -2.27. The van der Waals surface area contributed by atoms with Gasteiger partial charge in [-0.25, -0.2) is 4.79 Å². The third-order valence-corrected chi connectivity index (χ3v) is 6.42. The quantitative estimate of drug-likeness (QED) is 0.285. The van der Waals surface area contributed by atoms with E-state index in [0.29, 0.717) is 18.7 Å². The first-order valence-electron chi connectivity index (χ1n) is 12.5. The molecule has 2 aromatic carbocycles. The van der Waals surface area contributed by atoms with Crippen LogP contribution in [0.25, 0.3) is 22.5 Å². The van der Waals surface area contributed by atoms with Crippen LogP contribution in [-0.4, -0.2) is 29.8 Å². The zero-order valence-corrected chi connectivity index (χ0v) is 21.2. The van der Waals surface area contributed by atoms with E-state index in [-0.39, 0.29) is 31.1 Å². The second-order valence-corrected chi connectivity index (χ2v) is 9.58. The van der Waals surface area contributed by atoms with Crippen LogP contribution in [0.2, 0.25) is 0 Å². The Kier molecular flexibility index (Phi) is 7.94. The summed E-state index contributed by atoms with van der Waals surface area (Å²) in [7, 11) is 0. The number of aromatic amines is 1. The average Bonchev–Trinajstić information content (AvgIpc) is 3.49. The van der Waals surface area contributed by atoms with Crippen molar-refractivity contribution in [2.24, 2.45) is 5.92 Å². The first-order valence-corrected chi connectivity index (χ1v) is 12.5. The van der Waals surface area contributed by atoms with Crippen LogP contribution in [0.4, 0.5) is 13.2 Å². The van der Waals surface area contributed by atoms with Gasteiger partial charge in [0.05, 0.1) is 12.2 Å². The molecular weight excluding hydrogens is 481 g/mol. The molecule has 196 valence electrons. The van der Waals surface area contributed by atoms with Crippen molar-refractivity contribution in [3.63, 3.8) is 0 Å². The van der Waals surface area contributed by atoms with Gasteiger partial charge in [-0.15, -0.1) is 10.2 Å². The summed E-state index contributed by atoms with van der Waals surface area (Å²) in [5.41, 5.74) is 2.00. The number of halogens is 3. The van der Waals surface area contributed by atoms with Gasteiger partial charge in [0.1, 0.15) is 5.69 Å². The van der Waals surface area contributed by atoms with Gasteiger partial charge in [-0.2, -0.15) is 18.4 Å². The van der Waals surface area contributed by atoms with E-state index < -0.39 is 17.6 Å². The molecule has 0 unspecified atom stereocenters. The molecule has 1 N–H and O–H groups in total. The smallest absolute Gasteiger partial charge is 0.291 e. The van der Waals surface area contributed by atoms with E-state index in [0.717, 1.165) is 33.2 Å². The lowest BCUT2D eigenvalue weighted by molar-refractivity contribution is -0.144. The Balaban J connectivity index is 1.71. The minimum Gasteiger partial charge on any atom is -0.291 e. The third kappa shape index (κ3) is 5.84. The number of imidazole rings is 1. The number of tetrazole rings is 1. The van der Waals surface area contributed by atoms with Crippen LogP contribution >= 0.6 is 0 Å². The van der Waals surface area contributed by atoms with Crippen molar-refractivity contribution in [2.75, 3.05) is 0 Å². The van der Waals surface area contributed by atoms with Gasteiger partial charge in [0.15, 0.2) is 0 Å². The summed E-state index contributed by atoms with van der Waals surface area (Å²) in [6.45, 7) is 5.92. The lowest BCUT2D eigenvalue weighted by atomic mass is 9.98. The zero-order valence-electron chi connectivity index (χ0n) is 21.2. The molecule has 7 nitrogen and oxygen atoms in total. The molecule has 0 atom stereocenters. The van der Waals surface area contributed by atoms with E-state index in [1.807, 2.05) is 69.3 Å². The van der Waals surface area contributed by atoms with Crippen LogP contribution in [0.5, 0.6) is 0 Å². The van der Waals surface area contributed by atoms with Gasteiger partial charge in [0.2, 0.25) is 5.82 Å². The molecule has 2 aromatic heterocycles. The van der Waals surface area contributed by atoms with E-state index in [2.05, 4.69) is 20.6 Å². The highest BCUT2D eigenvalue weighted by Crippen LogP contribution is 2.34. The number of nitrogens with zero attached hydrogens (tertiary/aromatic N) is 5. The van der Waals surface area contributed by atoms with Crippen LogP contribution in [0.1, 0.15) is 57.0 Å². The lowest BCUT2D eigenvalue weighted by Gasteiger charge is -2.14. The predicted octanol–water partition coefficient (Wildman–Crippen LogP) is 5.95. The van der Waals surface area contributed by atoms with E-state index in [9.17, 15) is 18.0 Å². The largest absolute Gasteiger partial charge is 0.433 e. The Bertz CT molecular complexity index is 1370. The molecule has 0 bridgehead atoms. The van der Waals surface area contributed by atoms with Crippen LogP contribution in [0.3, 0.4) is 0 Å². The van der Waals surface area contributed by atoms with Crippen LogP contribution in [0.15, 0.2) is 53.3 Å². The maximum absolute atomic E-state index is 14.2. The number of H-pyrrole nitrogens is 1. The average molecular weight is 513 g/mol. The van der Waals surface area contributed by atoms with Crippen molar-refractivity contribution < 1.29 is 13.2 Å². The molecule has 0 saturated carbocycles. The van der Waals surface area contributed by atoms with Crippen molar-refractivity contribution in [3.8, 4) is 22.5 Å². The zero-order chi connectivity index (χ0) is 26.6. The Morgan fingerprint density at radius 2 is 1.70 bits per heavy atom. The second-order valence-electron chi connectivity index (χ2n) is 9.58. The first-order chi connectivity index (χ1) is 17.7. The van der Waals surface area contributed by atoms with Crippen molar-refractivity contribution >= 4 is 0 Å². The fraction of sp³-hybridized carbons (Fsp3) is 0.407. The van der Waals surface area contributed by atoms with Gasteiger partial charge < -0.3 is 0 Å². The summed E-state index contributed by atoms with van der Waals surface area (Å²) in [5.74, 6) is 0.646. The molecule has 2 heterocycles. The van der Waals surface area contributed by atoms with Gasteiger partial charge in [-0.05, 0) is 47.1 Å². The molecule has 0 spiro atoms. The predicted molar refractivity (Wildman–Crippen MR) is 136 cm³/mol. The van der Waals surface area contributed by atoms with Gasteiger partial charge in [-0.3, -0.25) is 9.13 Å². The molecule has 0 fully saturated rings. The monoisotopic (exact) mass is 512 g/mol. The van der Waals surface area contributed by atoms with E-state index in [1.165, 1.54) is 4.57 Å². The molecule has 10 heteroatoms. The summed E-state index contributed by atoms with van der Waals surface area (Å²) in [5, 5.41) is 14.2. The van der Waals surface area contributed by atoms with E-state index in [4.69, 9.17) is 0 Å². The normalized spacial score (nSPS) is 12.0. The first kappa shape index (κ1) is 26.4. The summed E-state index contributed by atoms with van der Waals surface area (Å²) >= 11 is 0. The summed E-state index contributed by atoms with van der Waals surface area (Å²) in [4.78, 5) is 13.3. The van der Waals surface area contributed by atoms with Crippen molar-refractivity contribution in [1.82, 2.24) is 29.8 Å². The van der Waals surface area contributed by atoms with Crippen molar-refractivity contribution in [3.05, 3.63) is 76.0 Å². The van der Waals surface area contributed by atoms with Gasteiger partial charge in [0.25, 0.3) is 0 Å². The van der Waals surface area contributed by atoms with Crippen molar-refractivity contribution in [2.45, 2.75) is 65.7 Å². The number of hydrogen-bond acceptors (Lipinski definition) is 4. The standard InChI is InChI=1S/C27H31F3N6O/c1-4-5-10-23-24(27(28,29)30)35(16-15-18(2)3)26(37)36(23)17-19-11-13-20(14-12-19)21-8-6-7-9-22(21)25-31-33-34-32-25/h6-9,11-14,18H,4-5,10,15-17H2,1-3H3,(H,31,32,33,34). The van der Waals surface area contributed by atoms with E-state index in [1.54, 1.807) is 0 Å². The minimum atomic E-state index is -4.60. The number of hydrogen-bond donors (Lipinski definition) is 1. The molecule has 0 saturated heterocycles. The molecule has 0 radical (unpaired) electrons.